The van der Waals surface area contributed by atoms with E-state index in [1.54, 1.807) is 0 Å². The Bertz CT molecular complexity index is 374. The first-order valence-electron chi connectivity index (χ1n) is 5.71. The molecular formula is C10H16ClN5O. The number of aromatic nitrogens is 3. The van der Waals surface area contributed by atoms with Gasteiger partial charge in [0.25, 0.3) is 0 Å². The maximum absolute atomic E-state index is 10.3. The Hall–Kier alpha value is -1.14. The first kappa shape index (κ1) is 12.3. The summed E-state index contributed by atoms with van der Waals surface area (Å²) in [5, 5.41) is 13.3. The van der Waals surface area contributed by atoms with Crippen molar-refractivity contribution in [2.75, 3.05) is 17.6 Å². The van der Waals surface area contributed by atoms with Crippen LogP contribution in [0, 0.1) is 0 Å². The minimum atomic E-state index is -0.674. The van der Waals surface area contributed by atoms with Gasteiger partial charge in [0.1, 0.15) is 0 Å². The first-order valence-corrected chi connectivity index (χ1v) is 6.09. The number of aliphatic hydroxyl groups is 1. The zero-order valence-corrected chi connectivity index (χ0v) is 10.2. The minimum absolute atomic E-state index is 0.0515. The summed E-state index contributed by atoms with van der Waals surface area (Å²) in [6.45, 7) is 0.410. The van der Waals surface area contributed by atoms with Crippen LogP contribution in [0.1, 0.15) is 32.1 Å². The van der Waals surface area contributed by atoms with Crippen LogP contribution >= 0.6 is 11.6 Å². The molecule has 0 aliphatic heterocycles. The van der Waals surface area contributed by atoms with Crippen LogP contribution in [0.15, 0.2) is 0 Å². The summed E-state index contributed by atoms with van der Waals surface area (Å²) >= 11 is 5.66. The number of rotatable bonds is 3. The lowest BCUT2D eigenvalue weighted by Crippen LogP contribution is -2.39. The van der Waals surface area contributed by atoms with Crippen LogP contribution in [-0.4, -0.2) is 32.2 Å². The van der Waals surface area contributed by atoms with Gasteiger partial charge in [-0.15, -0.1) is 0 Å². The molecule has 17 heavy (non-hydrogen) atoms. The summed E-state index contributed by atoms with van der Waals surface area (Å²) in [7, 11) is 0. The minimum Gasteiger partial charge on any atom is -0.388 e. The highest BCUT2D eigenvalue weighted by Crippen LogP contribution is 2.28. The van der Waals surface area contributed by atoms with Crippen LogP contribution in [0.4, 0.5) is 11.9 Å². The van der Waals surface area contributed by atoms with Crippen molar-refractivity contribution in [1.29, 1.82) is 0 Å². The second-order valence-corrected chi connectivity index (χ2v) is 4.76. The third-order valence-corrected chi connectivity index (χ3v) is 3.15. The summed E-state index contributed by atoms with van der Waals surface area (Å²) in [5.41, 5.74) is 4.78. The highest BCUT2D eigenvalue weighted by molar-refractivity contribution is 6.28. The number of hydrogen-bond acceptors (Lipinski definition) is 6. The molecule has 1 aromatic rings. The molecule has 1 aliphatic rings. The Labute approximate surface area is 105 Å². The fraction of sp³-hybridized carbons (Fsp3) is 0.700. The van der Waals surface area contributed by atoms with Gasteiger partial charge in [0.15, 0.2) is 0 Å². The van der Waals surface area contributed by atoms with Gasteiger partial charge in [-0.1, -0.05) is 19.3 Å². The van der Waals surface area contributed by atoms with Crippen LogP contribution in [0.25, 0.3) is 0 Å². The lowest BCUT2D eigenvalue weighted by atomic mass is 9.85. The number of halogens is 1. The lowest BCUT2D eigenvalue weighted by Gasteiger charge is -2.32. The van der Waals surface area contributed by atoms with E-state index in [1.165, 1.54) is 6.42 Å². The van der Waals surface area contributed by atoms with E-state index in [1.807, 2.05) is 0 Å². The third kappa shape index (κ3) is 3.41. The molecule has 94 valence electrons. The largest absolute Gasteiger partial charge is 0.388 e. The lowest BCUT2D eigenvalue weighted by molar-refractivity contribution is 0.0166. The summed E-state index contributed by atoms with van der Waals surface area (Å²) in [5.74, 6) is 0.379. The van der Waals surface area contributed by atoms with Gasteiger partial charge in [0.2, 0.25) is 17.2 Å². The van der Waals surface area contributed by atoms with Gasteiger partial charge in [0, 0.05) is 6.54 Å². The zero-order chi connectivity index (χ0) is 12.3. The van der Waals surface area contributed by atoms with E-state index >= 15 is 0 Å². The average Bonchev–Trinajstić information content (AvgIpc) is 2.26. The Balaban J connectivity index is 1.96. The second kappa shape index (κ2) is 5.01. The van der Waals surface area contributed by atoms with Gasteiger partial charge in [-0.3, -0.25) is 0 Å². The maximum Gasteiger partial charge on any atom is 0.228 e. The average molecular weight is 258 g/mol. The standard InChI is InChI=1S/C10H16ClN5O/c11-7-14-8(12)16-9(15-7)13-6-10(17)4-2-1-3-5-10/h17H,1-6H2,(H3,12,13,14,15,16). The van der Waals surface area contributed by atoms with Gasteiger partial charge in [0.05, 0.1) is 5.60 Å². The predicted octanol–water partition coefficient (Wildman–Crippen LogP) is 1.21. The molecule has 0 saturated heterocycles. The molecule has 0 unspecified atom stereocenters. The van der Waals surface area contributed by atoms with Crippen LogP contribution in [0.2, 0.25) is 5.28 Å². The Kier molecular flexibility index (Phi) is 3.63. The summed E-state index contributed by atoms with van der Waals surface area (Å²) in [6, 6.07) is 0. The molecule has 0 amide bonds. The first-order chi connectivity index (χ1) is 8.07. The SMILES string of the molecule is Nc1nc(Cl)nc(NCC2(O)CCCCC2)n1. The molecule has 0 spiro atoms. The highest BCUT2D eigenvalue weighted by Gasteiger charge is 2.29. The molecule has 1 saturated carbocycles. The van der Waals surface area contributed by atoms with E-state index in [2.05, 4.69) is 20.3 Å². The Morgan fingerprint density at radius 2 is 1.94 bits per heavy atom. The van der Waals surface area contributed by atoms with E-state index in [0.29, 0.717) is 12.5 Å². The fourth-order valence-electron chi connectivity index (χ4n) is 2.07. The normalized spacial score (nSPS) is 18.9. The summed E-state index contributed by atoms with van der Waals surface area (Å²) in [6.07, 6.45) is 4.89. The number of hydrogen-bond donors (Lipinski definition) is 3. The molecule has 6 nitrogen and oxygen atoms in total. The number of nitrogens with zero attached hydrogens (tertiary/aromatic N) is 3. The third-order valence-electron chi connectivity index (χ3n) is 2.99. The van der Waals surface area contributed by atoms with Crippen LogP contribution < -0.4 is 11.1 Å². The number of nitrogen functional groups attached to an aromatic ring is 1. The van der Waals surface area contributed by atoms with Gasteiger partial charge in [-0.2, -0.15) is 15.0 Å². The molecule has 0 atom stereocenters. The van der Waals surface area contributed by atoms with Crippen molar-refractivity contribution in [1.82, 2.24) is 15.0 Å². The van der Waals surface area contributed by atoms with Crippen LogP contribution in [0.3, 0.4) is 0 Å². The van der Waals surface area contributed by atoms with Crippen LogP contribution in [-0.2, 0) is 0 Å². The van der Waals surface area contributed by atoms with Crippen molar-refractivity contribution in [3.63, 3.8) is 0 Å². The number of nitrogens with two attached hydrogens (primary N) is 1. The Morgan fingerprint density at radius 3 is 2.59 bits per heavy atom. The van der Waals surface area contributed by atoms with Gasteiger partial charge >= 0.3 is 0 Å². The van der Waals surface area contributed by atoms with E-state index < -0.39 is 5.60 Å². The van der Waals surface area contributed by atoms with Gasteiger partial charge in [-0.05, 0) is 24.4 Å². The van der Waals surface area contributed by atoms with E-state index in [-0.39, 0.29) is 11.2 Å². The fourth-order valence-corrected chi connectivity index (χ4v) is 2.24. The molecule has 1 fully saturated rings. The molecular weight excluding hydrogens is 242 g/mol. The zero-order valence-electron chi connectivity index (χ0n) is 9.49. The van der Waals surface area contributed by atoms with E-state index in [0.717, 1.165) is 25.7 Å². The predicted molar refractivity (Wildman–Crippen MR) is 65.8 cm³/mol. The summed E-state index contributed by atoms with van der Waals surface area (Å²) < 4.78 is 0. The van der Waals surface area contributed by atoms with Crippen molar-refractivity contribution in [2.45, 2.75) is 37.7 Å². The maximum atomic E-state index is 10.3. The molecule has 0 radical (unpaired) electrons. The van der Waals surface area contributed by atoms with Crippen molar-refractivity contribution >= 4 is 23.5 Å². The molecule has 1 heterocycles. The van der Waals surface area contributed by atoms with Gasteiger partial charge in [-0.25, -0.2) is 0 Å². The topological polar surface area (TPSA) is 97.0 Å². The Morgan fingerprint density at radius 1 is 1.24 bits per heavy atom. The molecule has 1 aromatic heterocycles. The molecule has 0 bridgehead atoms. The highest BCUT2D eigenvalue weighted by atomic mass is 35.5. The van der Waals surface area contributed by atoms with Gasteiger partial charge < -0.3 is 16.2 Å². The van der Waals surface area contributed by atoms with E-state index in [9.17, 15) is 5.11 Å². The monoisotopic (exact) mass is 257 g/mol. The van der Waals surface area contributed by atoms with Crippen molar-refractivity contribution in [3.8, 4) is 0 Å². The van der Waals surface area contributed by atoms with Crippen molar-refractivity contribution in [3.05, 3.63) is 5.28 Å². The second-order valence-electron chi connectivity index (χ2n) is 4.42. The quantitative estimate of drug-likeness (QED) is 0.753. The number of nitrogens with one attached hydrogen (secondary N) is 1. The van der Waals surface area contributed by atoms with Crippen molar-refractivity contribution < 1.29 is 5.11 Å². The molecule has 1 aliphatic carbocycles. The molecule has 2 rings (SSSR count). The smallest absolute Gasteiger partial charge is 0.228 e. The van der Waals surface area contributed by atoms with Crippen molar-refractivity contribution in [2.24, 2.45) is 0 Å². The summed E-state index contributed by atoms with van der Waals surface area (Å²) in [4.78, 5) is 11.5. The van der Waals surface area contributed by atoms with Crippen LogP contribution in [0.5, 0.6) is 0 Å². The number of anilines is 2. The van der Waals surface area contributed by atoms with E-state index in [4.69, 9.17) is 17.3 Å². The molecule has 7 heteroatoms. The molecule has 4 N–H and O–H groups in total. The molecule has 0 aromatic carbocycles.